The molecule has 3 aromatic rings. The third kappa shape index (κ3) is 3.79. The number of hydrogen-bond acceptors (Lipinski definition) is 3. The van der Waals surface area contributed by atoms with Crippen molar-refractivity contribution in [3.05, 3.63) is 74.7 Å². The van der Waals surface area contributed by atoms with E-state index < -0.39 is 0 Å². The van der Waals surface area contributed by atoms with Gasteiger partial charge in [-0.15, -0.1) is 0 Å². The van der Waals surface area contributed by atoms with Crippen LogP contribution in [0.1, 0.15) is 24.4 Å². The van der Waals surface area contributed by atoms with Crippen molar-refractivity contribution < 1.29 is 4.79 Å². The SMILES string of the molecule is Cc1nc2ccccc2c(=O)n1CC(=O)NC(C)c1ccc(Br)cc1. The molecule has 0 spiro atoms. The predicted octanol–water partition coefficient (Wildman–Crippen LogP) is 3.34. The van der Waals surface area contributed by atoms with Gasteiger partial charge in [-0.05, 0) is 43.7 Å². The van der Waals surface area contributed by atoms with Crippen molar-refractivity contribution in [2.24, 2.45) is 0 Å². The third-order valence-electron chi connectivity index (χ3n) is 4.10. The molecule has 6 heteroatoms. The summed E-state index contributed by atoms with van der Waals surface area (Å²) in [6.07, 6.45) is 0. The second-order valence-corrected chi connectivity index (χ2v) is 6.82. The molecule has 0 aliphatic carbocycles. The normalized spacial score (nSPS) is 12.1. The van der Waals surface area contributed by atoms with E-state index in [0.29, 0.717) is 16.7 Å². The maximum absolute atomic E-state index is 12.6. The molecule has 0 saturated carbocycles. The Morgan fingerprint density at radius 2 is 1.88 bits per heavy atom. The third-order valence-corrected chi connectivity index (χ3v) is 4.63. The number of rotatable bonds is 4. The largest absolute Gasteiger partial charge is 0.348 e. The maximum Gasteiger partial charge on any atom is 0.261 e. The lowest BCUT2D eigenvalue weighted by Gasteiger charge is -2.16. The van der Waals surface area contributed by atoms with Gasteiger partial charge in [0.15, 0.2) is 0 Å². The number of aryl methyl sites for hydroxylation is 1. The molecule has 1 aromatic heterocycles. The quantitative estimate of drug-likeness (QED) is 0.731. The molecule has 128 valence electrons. The van der Waals surface area contributed by atoms with Crippen molar-refractivity contribution in [3.8, 4) is 0 Å². The monoisotopic (exact) mass is 399 g/mol. The lowest BCUT2D eigenvalue weighted by molar-refractivity contribution is -0.122. The van der Waals surface area contributed by atoms with Gasteiger partial charge in [0.1, 0.15) is 12.4 Å². The summed E-state index contributed by atoms with van der Waals surface area (Å²) in [5, 5.41) is 3.44. The molecular formula is C19H18BrN3O2. The van der Waals surface area contributed by atoms with Crippen LogP contribution in [-0.2, 0) is 11.3 Å². The van der Waals surface area contributed by atoms with Crippen molar-refractivity contribution in [1.29, 1.82) is 0 Å². The lowest BCUT2D eigenvalue weighted by atomic mass is 10.1. The number of para-hydroxylation sites is 1. The van der Waals surface area contributed by atoms with Crippen molar-refractivity contribution in [1.82, 2.24) is 14.9 Å². The highest BCUT2D eigenvalue weighted by molar-refractivity contribution is 9.10. The number of hydrogen-bond donors (Lipinski definition) is 1. The van der Waals surface area contributed by atoms with Gasteiger partial charge in [0.25, 0.3) is 5.56 Å². The Kier molecular flexibility index (Phi) is 4.99. The standard InChI is InChI=1S/C19H18BrN3O2/c1-12(14-7-9-15(20)10-8-14)21-18(24)11-23-13(2)22-17-6-4-3-5-16(17)19(23)25/h3-10,12H,11H2,1-2H3,(H,21,24). The Balaban J connectivity index is 1.80. The maximum atomic E-state index is 12.6. The molecule has 1 amide bonds. The van der Waals surface area contributed by atoms with Gasteiger partial charge in [0.2, 0.25) is 5.91 Å². The first-order valence-corrected chi connectivity index (χ1v) is 8.76. The molecule has 0 aliphatic heterocycles. The highest BCUT2D eigenvalue weighted by atomic mass is 79.9. The van der Waals surface area contributed by atoms with Gasteiger partial charge in [-0.2, -0.15) is 0 Å². The van der Waals surface area contributed by atoms with Crippen molar-refractivity contribution in [2.45, 2.75) is 26.4 Å². The fraction of sp³-hybridized carbons (Fsp3) is 0.211. The molecule has 5 nitrogen and oxygen atoms in total. The van der Waals surface area contributed by atoms with Gasteiger partial charge in [0, 0.05) is 4.47 Å². The second-order valence-electron chi connectivity index (χ2n) is 5.91. The van der Waals surface area contributed by atoms with Crippen LogP contribution < -0.4 is 10.9 Å². The molecule has 1 heterocycles. The van der Waals surface area contributed by atoms with Crippen molar-refractivity contribution in [3.63, 3.8) is 0 Å². The van der Waals surface area contributed by atoms with Crippen LogP contribution in [-0.4, -0.2) is 15.5 Å². The summed E-state index contributed by atoms with van der Waals surface area (Å²) in [5.41, 5.74) is 1.44. The number of aromatic nitrogens is 2. The molecule has 2 aromatic carbocycles. The Morgan fingerprint density at radius 1 is 1.20 bits per heavy atom. The van der Waals surface area contributed by atoms with Crippen LogP contribution in [0.3, 0.4) is 0 Å². The van der Waals surface area contributed by atoms with E-state index in [1.807, 2.05) is 37.3 Å². The van der Waals surface area contributed by atoms with Crippen molar-refractivity contribution in [2.75, 3.05) is 0 Å². The van der Waals surface area contributed by atoms with Crippen LogP contribution in [0.5, 0.6) is 0 Å². The van der Waals surface area contributed by atoms with Crippen LogP contribution in [0.2, 0.25) is 0 Å². The first kappa shape index (κ1) is 17.4. The molecule has 3 rings (SSSR count). The number of carbonyl (C=O) groups excluding carboxylic acids is 1. The zero-order chi connectivity index (χ0) is 18.0. The summed E-state index contributed by atoms with van der Waals surface area (Å²) in [4.78, 5) is 29.4. The molecule has 0 radical (unpaired) electrons. The highest BCUT2D eigenvalue weighted by Crippen LogP contribution is 2.16. The number of benzene rings is 2. The van der Waals surface area contributed by atoms with Gasteiger partial charge < -0.3 is 5.32 Å². The lowest BCUT2D eigenvalue weighted by Crippen LogP contribution is -2.35. The van der Waals surface area contributed by atoms with Crippen LogP contribution in [0.4, 0.5) is 0 Å². The van der Waals surface area contributed by atoms with Crippen LogP contribution in [0.25, 0.3) is 10.9 Å². The molecule has 1 unspecified atom stereocenters. The van der Waals surface area contributed by atoms with E-state index in [1.54, 1.807) is 25.1 Å². The van der Waals surface area contributed by atoms with Gasteiger partial charge >= 0.3 is 0 Å². The Bertz CT molecular complexity index is 980. The predicted molar refractivity (Wildman–Crippen MR) is 101 cm³/mol. The summed E-state index contributed by atoms with van der Waals surface area (Å²) in [6, 6.07) is 14.8. The molecule has 1 atom stereocenters. The van der Waals surface area contributed by atoms with Crippen LogP contribution in [0.15, 0.2) is 57.8 Å². The van der Waals surface area contributed by atoms with Crippen LogP contribution in [0, 0.1) is 6.92 Å². The number of halogens is 1. The number of nitrogens with zero attached hydrogens (tertiary/aromatic N) is 2. The van der Waals surface area contributed by atoms with Gasteiger partial charge in [-0.1, -0.05) is 40.2 Å². The molecule has 25 heavy (non-hydrogen) atoms. The Labute approximate surface area is 153 Å². The molecule has 1 N–H and O–H groups in total. The van der Waals surface area contributed by atoms with E-state index in [9.17, 15) is 9.59 Å². The smallest absolute Gasteiger partial charge is 0.261 e. The average molecular weight is 400 g/mol. The summed E-state index contributed by atoms with van der Waals surface area (Å²) >= 11 is 3.39. The zero-order valence-corrected chi connectivity index (χ0v) is 15.6. The Morgan fingerprint density at radius 3 is 2.60 bits per heavy atom. The summed E-state index contributed by atoms with van der Waals surface area (Å²) in [6.45, 7) is 3.60. The summed E-state index contributed by atoms with van der Waals surface area (Å²) in [5.74, 6) is 0.299. The van der Waals surface area contributed by atoms with Crippen LogP contribution >= 0.6 is 15.9 Å². The first-order chi connectivity index (χ1) is 12.0. The number of nitrogens with one attached hydrogen (secondary N) is 1. The first-order valence-electron chi connectivity index (χ1n) is 7.96. The summed E-state index contributed by atoms with van der Waals surface area (Å²) < 4.78 is 2.39. The van der Waals surface area contributed by atoms with Crippen molar-refractivity contribution >= 4 is 32.7 Å². The summed E-state index contributed by atoms with van der Waals surface area (Å²) in [7, 11) is 0. The van der Waals surface area contributed by atoms with Gasteiger partial charge in [-0.3, -0.25) is 14.2 Å². The van der Waals surface area contributed by atoms with E-state index in [1.165, 1.54) is 4.57 Å². The fourth-order valence-corrected chi connectivity index (χ4v) is 3.00. The van der Waals surface area contributed by atoms with Gasteiger partial charge in [-0.25, -0.2) is 4.98 Å². The number of fused-ring (bicyclic) bond motifs is 1. The minimum Gasteiger partial charge on any atom is -0.348 e. The topological polar surface area (TPSA) is 64.0 Å². The number of carbonyl (C=O) groups is 1. The molecule has 0 fully saturated rings. The van der Waals surface area contributed by atoms with Gasteiger partial charge in [0.05, 0.1) is 16.9 Å². The zero-order valence-electron chi connectivity index (χ0n) is 14.0. The van der Waals surface area contributed by atoms with E-state index in [4.69, 9.17) is 0 Å². The molecular weight excluding hydrogens is 382 g/mol. The minimum atomic E-state index is -0.224. The van der Waals surface area contributed by atoms with E-state index >= 15 is 0 Å². The van der Waals surface area contributed by atoms with E-state index in [-0.39, 0.29) is 24.1 Å². The van der Waals surface area contributed by atoms with E-state index in [0.717, 1.165) is 10.0 Å². The van der Waals surface area contributed by atoms with E-state index in [2.05, 4.69) is 26.2 Å². The second kappa shape index (κ2) is 7.19. The molecule has 0 aliphatic rings. The molecule has 0 bridgehead atoms. The number of amides is 1. The highest BCUT2D eigenvalue weighted by Gasteiger charge is 2.14. The fourth-order valence-electron chi connectivity index (χ4n) is 2.73. The average Bonchev–Trinajstić information content (AvgIpc) is 2.59. The molecule has 0 saturated heterocycles. The Hall–Kier alpha value is -2.47. The minimum absolute atomic E-state index is 0.0522.